The summed E-state index contributed by atoms with van der Waals surface area (Å²) in [6.07, 6.45) is 5.30. The van der Waals surface area contributed by atoms with E-state index in [0.29, 0.717) is 18.7 Å². The van der Waals surface area contributed by atoms with Crippen LogP contribution < -0.4 is 11.1 Å². The summed E-state index contributed by atoms with van der Waals surface area (Å²) in [6.45, 7) is 4.76. The van der Waals surface area contributed by atoms with E-state index in [2.05, 4.69) is 12.2 Å². The van der Waals surface area contributed by atoms with Gasteiger partial charge in [-0.1, -0.05) is 31.9 Å². The van der Waals surface area contributed by atoms with E-state index in [4.69, 9.17) is 5.73 Å². The lowest BCUT2D eigenvalue weighted by Gasteiger charge is -2.22. The fourth-order valence-corrected chi connectivity index (χ4v) is 3.83. The predicted molar refractivity (Wildman–Crippen MR) is 105 cm³/mol. The smallest absolute Gasteiger partial charge is 0.253 e. The molecule has 26 heavy (non-hydrogen) atoms. The third-order valence-corrected chi connectivity index (χ3v) is 5.73. The molecule has 0 spiro atoms. The highest BCUT2D eigenvalue weighted by molar-refractivity contribution is 5.94. The van der Waals surface area contributed by atoms with Crippen LogP contribution in [-0.2, 0) is 11.3 Å². The van der Waals surface area contributed by atoms with Crippen molar-refractivity contribution in [2.24, 2.45) is 17.1 Å². The molecule has 1 aliphatic heterocycles. The van der Waals surface area contributed by atoms with E-state index in [1.54, 1.807) is 0 Å². The molecule has 0 radical (unpaired) electrons. The Balaban J connectivity index is 0.00000243. The number of carbonyl (C=O) groups is 2. The van der Waals surface area contributed by atoms with Crippen LogP contribution in [0.5, 0.6) is 0 Å². The molecule has 1 aromatic carbocycles. The van der Waals surface area contributed by atoms with Crippen molar-refractivity contribution in [2.75, 3.05) is 19.6 Å². The van der Waals surface area contributed by atoms with Crippen molar-refractivity contribution in [3.05, 3.63) is 35.4 Å². The average molecular weight is 380 g/mol. The van der Waals surface area contributed by atoms with Crippen LogP contribution in [0, 0.1) is 11.3 Å². The van der Waals surface area contributed by atoms with Gasteiger partial charge in [-0.15, -0.1) is 12.4 Å². The summed E-state index contributed by atoms with van der Waals surface area (Å²) in [4.78, 5) is 26.6. The molecule has 2 aliphatic rings. The lowest BCUT2D eigenvalue weighted by atomic mass is 9.90. The third-order valence-electron chi connectivity index (χ3n) is 5.73. The maximum Gasteiger partial charge on any atom is 0.253 e. The number of nitrogens with zero attached hydrogens (tertiary/aromatic N) is 1. The molecule has 1 saturated heterocycles. The second kappa shape index (κ2) is 8.87. The van der Waals surface area contributed by atoms with Gasteiger partial charge in [0.05, 0.1) is 0 Å². The van der Waals surface area contributed by atoms with Crippen LogP contribution in [0.2, 0.25) is 0 Å². The monoisotopic (exact) mass is 379 g/mol. The molecule has 1 aromatic rings. The Labute approximate surface area is 162 Å². The fourth-order valence-electron chi connectivity index (χ4n) is 3.83. The summed E-state index contributed by atoms with van der Waals surface area (Å²) < 4.78 is 0. The molecule has 2 fully saturated rings. The third kappa shape index (κ3) is 4.77. The standard InChI is InChI=1S/C20H29N3O2.ClH/c1-20(13-21)10-11-23(14-20)19(25)17-8-6-15(7-9-17)12-22-18(24)16-4-2-3-5-16;/h6-9,16H,2-5,10-14,21H2,1H3,(H,22,24);1H. The topological polar surface area (TPSA) is 75.4 Å². The second-order valence-electron chi connectivity index (χ2n) is 7.89. The van der Waals surface area contributed by atoms with Crippen LogP contribution in [0.1, 0.15) is 54.9 Å². The first-order valence-electron chi connectivity index (χ1n) is 9.37. The Morgan fingerprint density at radius 3 is 2.46 bits per heavy atom. The molecule has 3 N–H and O–H groups in total. The molecular formula is C20H30ClN3O2. The largest absolute Gasteiger partial charge is 0.352 e. The first-order valence-corrected chi connectivity index (χ1v) is 9.37. The number of benzene rings is 1. The highest BCUT2D eigenvalue weighted by Gasteiger charge is 2.35. The van der Waals surface area contributed by atoms with Gasteiger partial charge in [0.1, 0.15) is 0 Å². The van der Waals surface area contributed by atoms with Crippen molar-refractivity contribution in [1.82, 2.24) is 10.2 Å². The first kappa shape index (κ1) is 20.7. The molecule has 3 rings (SSSR count). The molecule has 1 atom stereocenters. The Bertz CT molecular complexity index is 628. The van der Waals surface area contributed by atoms with Crippen LogP contribution in [0.4, 0.5) is 0 Å². The zero-order valence-electron chi connectivity index (χ0n) is 15.5. The average Bonchev–Trinajstić information content (AvgIpc) is 3.30. The van der Waals surface area contributed by atoms with E-state index in [-0.39, 0.29) is 35.6 Å². The van der Waals surface area contributed by atoms with Gasteiger partial charge in [-0.2, -0.15) is 0 Å². The van der Waals surface area contributed by atoms with Gasteiger partial charge in [0.2, 0.25) is 5.91 Å². The number of halogens is 1. The molecule has 0 bridgehead atoms. The molecule has 1 heterocycles. The minimum Gasteiger partial charge on any atom is -0.352 e. The van der Waals surface area contributed by atoms with Crippen molar-refractivity contribution >= 4 is 24.2 Å². The molecular weight excluding hydrogens is 350 g/mol. The second-order valence-corrected chi connectivity index (χ2v) is 7.89. The van der Waals surface area contributed by atoms with Gasteiger partial charge < -0.3 is 16.0 Å². The van der Waals surface area contributed by atoms with E-state index in [1.165, 1.54) is 0 Å². The van der Waals surface area contributed by atoms with Gasteiger partial charge in [-0.05, 0) is 48.9 Å². The zero-order valence-corrected chi connectivity index (χ0v) is 16.3. The number of amides is 2. The van der Waals surface area contributed by atoms with E-state index in [1.807, 2.05) is 29.2 Å². The summed E-state index contributed by atoms with van der Waals surface area (Å²) >= 11 is 0. The van der Waals surface area contributed by atoms with E-state index < -0.39 is 0 Å². The Kier molecular flexibility index (Phi) is 7.07. The number of hydrogen-bond acceptors (Lipinski definition) is 3. The number of likely N-dealkylation sites (tertiary alicyclic amines) is 1. The minimum atomic E-state index is 0. The first-order chi connectivity index (χ1) is 12.0. The maximum absolute atomic E-state index is 12.6. The van der Waals surface area contributed by atoms with Crippen molar-refractivity contribution in [3.8, 4) is 0 Å². The van der Waals surface area contributed by atoms with Crippen molar-refractivity contribution in [2.45, 2.75) is 45.6 Å². The van der Waals surface area contributed by atoms with Gasteiger partial charge in [0.25, 0.3) is 5.91 Å². The quantitative estimate of drug-likeness (QED) is 0.825. The summed E-state index contributed by atoms with van der Waals surface area (Å²) in [7, 11) is 0. The molecule has 5 nitrogen and oxygen atoms in total. The molecule has 144 valence electrons. The summed E-state index contributed by atoms with van der Waals surface area (Å²) in [5.41, 5.74) is 7.59. The highest BCUT2D eigenvalue weighted by atomic mass is 35.5. The van der Waals surface area contributed by atoms with Crippen LogP contribution in [0.3, 0.4) is 0 Å². The minimum absolute atomic E-state index is 0. The normalized spacial score (nSPS) is 22.9. The number of nitrogens with two attached hydrogens (primary N) is 1. The van der Waals surface area contributed by atoms with Crippen LogP contribution in [0.25, 0.3) is 0 Å². The molecule has 0 aromatic heterocycles. The number of carbonyl (C=O) groups excluding carboxylic acids is 2. The fraction of sp³-hybridized carbons (Fsp3) is 0.600. The molecule has 2 amide bonds. The highest BCUT2D eigenvalue weighted by Crippen LogP contribution is 2.29. The van der Waals surface area contributed by atoms with E-state index in [0.717, 1.165) is 50.8 Å². The van der Waals surface area contributed by atoms with E-state index in [9.17, 15) is 9.59 Å². The van der Waals surface area contributed by atoms with Crippen molar-refractivity contribution < 1.29 is 9.59 Å². The summed E-state index contributed by atoms with van der Waals surface area (Å²) in [6, 6.07) is 7.58. The number of rotatable bonds is 5. The molecule has 1 aliphatic carbocycles. The Morgan fingerprint density at radius 2 is 1.88 bits per heavy atom. The Hall–Kier alpha value is -1.59. The molecule has 6 heteroatoms. The Morgan fingerprint density at radius 1 is 1.23 bits per heavy atom. The van der Waals surface area contributed by atoms with Gasteiger partial charge in [-0.25, -0.2) is 0 Å². The van der Waals surface area contributed by atoms with E-state index >= 15 is 0 Å². The van der Waals surface area contributed by atoms with Gasteiger partial charge in [0, 0.05) is 31.1 Å². The van der Waals surface area contributed by atoms with Crippen LogP contribution in [0.15, 0.2) is 24.3 Å². The zero-order chi connectivity index (χ0) is 17.9. The van der Waals surface area contributed by atoms with Crippen molar-refractivity contribution in [3.63, 3.8) is 0 Å². The van der Waals surface area contributed by atoms with Crippen LogP contribution in [-0.4, -0.2) is 36.3 Å². The molecule has 1 unspecified atom stereocenters. The maximum atomic E-state index is 12.6. The lowest BCUT2D eigenvalue weighted by molar-refractivity contribution is -0.124. The van der Waals surface area contributed by atoms with Gasteiger partial charge in [-0.3, -0.25) is 9.59 Å². The lowest BCUT2D eigenvalue weighted by Crippen LogP contribution is -2.34. The SMILES string of the molecule is CC1(CN)CCN(C(=O)c2ccc(CNC(=O)C3CCCC3)cc2)C1.Cl. The predicted octanol–water partition coefficient (Wildman–Crippen LogP) is 2.73. The summed E-state index contributed by atoms with van der Waals surface area (Å²) in [5, 5.41) is 3.01. The summed E-state index contributed by atoms with van der Waals surface area (Å²) in [5.74, 6) is 0.419. The number of hydrogen-bond donors (Lipinski definition) is 2. The number of nitrogens with one attached hydrogen (secondary N) is 1. The van der Waals surface area contributed by atoms with Gasteiger partial charge >= 0.3 is 0 Å². The van der Waals surface area contributed by atoms with Crippen LogP contribution >= 0.6 is 12.4 Å². The molecule has 1 saturated carbocycles. The van der Waals surface area contributed by atoms with Gasteiger partial charge in [0.15, 0.2) is 0 Å². The van der Waals surface area contributed by atoms with Crippen molar-refractivity contribution in [1.29, 1.82) is 0 Å².